The molecule has 0 spiro atoms. The van der Waals surface area contributed by atoms with Crippen molar-refractivity contribution in [2.45, 2.75) is 39.7 Å². The Morgan fingerprint density at radius 1 is 1.38 bits per heavy atom. The summed E-state index contributed by atoms with van der Waals surface area (Å²) in [4.78, 5) is 18.1. The van der Waals surface area contributed by atoms with E-state index in [1.165, 1.54) is 42.2 Å². The number of thiazole rings is 1. The molecular formula is C19H25N3OS. The van der Waals surface area contributed by atoms with E-state index >= 15 is 0 Å². The van der Waals surface area contributed by atoms with Gasteiger partial charge < -0.3 is 5.32 Å². The smallest absolute Gasteiger partial charge is 0.223 e. The van der Waals surface area contributed by atoms with Crippen molar-refractivity contribution in [1.82, 2.24) is 9.88 Å². The van der Waals surface area contributed by atoms with Crippen molar-refractivity contribution in [2.75, 3.05) is 18.4 Å². The molecule has 1 unspecified atom stereocenters. The first-order valence-corrected chi connectivity index (χ1v) is 9.46. The van der Waals surface area contributed by atoms with E-state index in [-0.39, 0.29) is 5.91 Å². The first-order valence-electron chi connectivity index (χ1n) is 8.58. The maximum absolute atomic E-state index is 11.1. The van der Waals surface area contributed by atoms with Crippen LogP contribution in [-0.2, 0) is 17.8 Å². The van der Waals surface area contributed by atoms with Crippen LogP contribution in [0.1, 0.15) is 36.6 Å². The summed E-state index contributed by atoms with van der Waals surface area (Å²) in [7, 11) is 0. The SMILES string of the molecule is CC(=O)Nc1nc(CN2CCCC(Cc3ccc(C)cc3)C2)cs1. The quantitative estimate of drug-likeness (QED) is 0.896. The number of anilines is 1. The minimum Gasteiger partial charge on any atom is -0.302 e. The number of aryl methyl sites for hydroxylation is 1. The Labute approximate surface area is 147 Å². The van der Waals surface area contributed by atoms with Gasteiger partial charge in [-0.2, -0.15) is 0 Å². The van der Waals surface area contributed by atoms with Gasteiger partial charge in [-0.05, 0) is 44.2 Å². The number of piperidine rings is 1. The highest BCUT2D eigenvalue weighted by Crippen LogP contribution is 2.23. The molecule has 2 heterocycles. The number of amides is 1. The number of hydrogen-bond acceptors (Lipinski definition) is 4. The Bertz CT molecular complexity index is 680. The molecule has 128 valence electrons. The second-order valence-corrected chi connectivity index (χ2v) is 7.62. The Kier molecular flexibility index (Phi) is 5.63. The molecule has 1 aliphatic rings. The third-order valence-electron chi connectivity index (χ3n) is 4.47. The van der Waals surface area contributed by atoms with Crippen molar-refractivity contribution in [3.63, 3.8) is 0 Å². The van der Waals surface area contributed by atoms with Gasteiger partial charge in [-0.1, -0.05) is 29.8 Å². The first-order chi connectivity index (χ1) is 11.6. The second-order valence-electron chi connectivity index (χ2n) is 6.76. The Hall–Kier alpha value is -1.72. The molecule has 4 nitrogen and oxygen atoms in total. The zero-order valence-electron chi connectivity index (χ0n) is 14.4. The summed E-state index contributed by atoms with van der Waals surface area (Å²) in [6.07, 6.45) is 3.71. The number of likely N-dealkylation sites (tertiary alicyclic amines) is 1. The topological polar surface area (TPSA) is 45.2 Å². The van der Waals surface area contributed by atoms with E-state index in [1.54, 1.807) is 0 Å². The van der Waals surface area contributed by atoms with E-state index in [0.29, 0.717) is 5.13 Å². The molecule has 1 amide bonds. The highest BCUT2D eigenvalue weighted by Gasteiger charge is 2.21. The number of carbonyl (C=O) groups excluding carboxylic acids is 1. The van der Waals surface area contributed by atoms with Gasteiger partial charge in [0.05, 0.1) is 5.69 Å². The molecule has 1 atom stereocenters. The van der Waals surface area contributed by atoms with Gasteiger partial charge in [-0.15, -0.1) is 11.3 Å². The normalized spacial score (nSPS) is 18.5. The van der Waals surface area contributed by atoms with Gasteiger partial charge in [0, 0.05) is 25.4 Å². The van der Waals surface area contributed by atoms with E-state index in [0.717, 1.165) is 37.7 Å². The molecule has 0 saturated carbocycles. The zero-order chi connectivity index (χ0) is 16.9. The lowest BCUT2D eigenvalue weighted by atomic mass is 9.91. The maximum Gasteiger partial charge on any atom is 0.223 e. The van der Waals surface area contributed by atoms with Crippen molar-refractivity contribution in [2.24, 2.45) is 5.92 Å². The lowest BCUT2D eigenvalue weighted by Crippen LogP contribution is -2.35. The monoisotopic (exact) mass is 343 g/mol. The lowest BCUT2D eigenvalue weighted by molar-refractivity contribution is -0.114. The maximum atomic E-state index is 11.1. The molecule has 1 saturated heterocycles. The minimum atomic E-state index is -0.0629. The zero-order valence-corrected chi connectivity index (χ0v) is 15.2. The van der Waals surface area contributed by atoms with Gasteiger partial charge in [0.1, 0.15) is 0 Å². The molecule has 2 aromatic rings. The number of benzene rings is 1. The molecule has 1 aliphatic heterocycles. The highest BCUT2D eigenvalue weighted by atomic mass is 32.1. The van der Waals surface area contributed by atoms with E-state index in [9.17, 15) is 4.79 Å². The largest absolute Gasteiger partial charge is 0.302 e. The summed E-state index contributed by atoms with van der Waals surface area (Å²) in [6, 6.07) is 8.92. The van der Waals surface area contributed by atoms with Crippen molar-refractivity contribution in [3.8, 4) is 0 Å². The average molecular weight is 343 g/mol. The second kappa shape index (κ2) is 7.90. The van der Waals surface area contributed by atoms with Gasteiger partial charge in [0.25, 0.3) is 0 Å². The van der Waals surface area contributed by atoms with E-state index in [4.69, 9.17) is 0 Å². The Morgan fingerprint density at radius 2 is 2.17 bits per heavy atom. The number of aromatic nitrogens is 1. The Morgan fingerprint density at radius 3 is 2.92 bits per heavy atom. The number of hydrogen-bond donors (Lipinski definition) is 1. The third kappa shape index (κ3) is 4.89. The molecule has 5 heteroatoms. The van der Waals surface area contributed by atoms with E-state index in [1.807, 2.05) is 0 Å². The summed E-state index contributed by atoms with van der Waals surface area (Å²) >= 11 is 1.50. The molecule has 1 aromatic heterocycles. The predicted octanol–water partition coefficient (Wildman–Crippen LogP) is 3.86. The van der Waals surface area contributed by atoms with Crippen LogP contribution in [0.2, 0.25) is 0 Å². The number of carbonyl (C=O) groups is 1. The van der Waals surface area contributed by atoms with Crippen LogP contribution in [0.3, 0.4) is 0 Å². The van der Waals surface area contributed by atoms with E-state index < -0.39 is 0 Å². The predicted molar refractivity (Wildman–Crippen MR) is 99.3 cm³/mol. The summed E-state index contributed by atoms with van der Waals surface area (Å²) in [5.74, 6) is 0.655. The van der Waals surface area contributed by atoms with Crippen LogP contribution in [0.15, 0.2) is 29.6 Å². The fraction of sp³-hybridized carbons (Fsp3) is 0.474. The summed E-state index contributed by atoms with van der Waals surface area (Å²) < 4.78 is 0. The number of rotatable bonds is 5. The molecule has 0 bridgehead atoms. The molecule has 0 aliphatic carbocycles. The van der Waals surface area contributed by atoms with Gasteiger partial charge in [0.2, 0.25) is 5.91 Å². The molecule has 0 radical (unpaired) electrons. The van der Waals surface area contributed by atoms with Gasteiger partial charge >= 0.3 is 0 Å². The molecule has 24 heavy (non-hydrogen) atoms. The standard InChI is InChI=1S/C19H25N3OS/c1-14-5-7-16(8-6-14)10-17-4-3-9-22(11-17)12-18-13-24-19(21-18)20-15(2)23/h5-8,13,17H,3-4,9-12H2,1-2H3,(H,20,21,23). The summed E-state index contributed by atoms with van der Waals surface area (Å²) in [5.41, 5.74) is 3.82. The fourth-order valence-corrected chi connectivity index (χ4v) is 4.08. The molecule has 1 fully saturated rings. The van der Waals surface area contributed by atoms with E-state index in [2.05, 4.69) is 51.8 Å². The van der Waals surface area contributed by atoms with Crippen LogP contribution >= 0.6 is 11.3 Å². The van der Waals surface area contributed by atoms with Crippen LogP contribution in [0.5, 0.6) is 0 Å². The molecule has 1 N–H and O–H groups in total. The van der Waals surface area contributed by atoms with Crippen molar-refractivity contribution >= 4 is 22.4 Å². The van der Waals surface area contributed by atoms with Gasteiger partial charge in [-0.25, -0.2) is 4.98 Å². The summed E-state index contributed by atoms with van der Waals surface area (Å²) in [6.45, 7) is 6.79. The van der Waals surface area contributed by atoms with Crippen molar-refractivity contribution < 1.29 is 4.79 Å². The van der Waals surface area contributed by atoms with Crippen LogP contribution in [0.25, 0.3) is 0 Å². The van der Waals surface area contributed by atoms with Gasteiger partial charge in [0.15, 0.2) is 5.13 Å². The van der Waals surface area contributed by atoms with Crippen molar-refractivity contribution in [1.29, 1.82) is 0 Å². The highest BCUT2D eigenvalue weighted by molar-refractivity contribution is 7.13. The van der Waals surface area contributed by atoms with Crippen LogP contribution in [0.4, 0.5) is 5.13 Å². The van der Waals surface area contributed by atoms with Crippen LogP contribution in [-0.4, -0.2) is 28.9 Å². The average Bonchev–Trinajstić information content (AvgIpc) is 2.96. The van der Waals surface area contributed by atoms with Gasteiger partial charge in [-0.3, -0.25) is 9.69 Å². The van der Waals surface area contributed by atoms with Crippen molar-refractivity contribution in [3.05, 3.63) is 46.5 Å². The fourth-order valence-electron chi connectivity index (χ4n) is 3.34. The first kappa shape index (κ1) is 17.1. The lowest BCUT2D eigenvalue weighted by Gasteiger charge is -2.32. The molecular weight excluding hydrogens is 318 g/mol. The van der Waals surface area contributed by atoms with Crippen LogP contribution in [0, 0.1) is 12.8 Å². The van der Waals surface area contributed by atoms with Crippen LogP contribution < -0.4 is 5.32 Å². The molecule has 1 aromatic carbocycles. The summed E-state index contributed by atoms with van der Waals surface area (Å²) in [5, 5.41) is 5.51. The molecule has 3 rings (SSSR count). The minimum absolute atomic E-state index is 0.0629. The number of nitrogens with one attached hydrogen (secondary N) is 1. The third-order valence-corrected chi connectivity index (χ3v) is 5.27. The number of nitrogens with zero attached hydrogens (tertiary/aromatic N) is 2. The Balaban J connectivity index is 1.54.